The first-order chi connectivity index (χ1) is 7.96. The Morgan fingerprint density at radius 2 is 2.06 bits per heavy atom. The zero-order chi connectivity index (χ0) is 12.9. The molecular formula is C12H19NO2S2. The van der Waals surface area contributed by atoms with Crippen LogP contribution in [0.3, 0.4) is 0 Å². The minimum atomic E-state index is -2.83. The number of thioether (sulfide) groups is 1. The van der Waals surface area contributed by atoms with Gasteiger partial charge in [-0.05, 0) is 36.8 Å². The molecule has 0 aliphatic carbocycles. The smallest absolute Gasteiger partial charge is 0.150 e. The summed E-state index contributed by atoms with van der Waals surface area (Å²) >= 11 is 1.67. The summed E-state index contributed by atoms with van der Waals surface area (Å²) in [6.07, 6.45) is 0.690. The van der Waals surface area contributed by atoms with Crippen molar-refractivity contribution in [3.63, 3.8) is 0 Å². The monoisotopic (exact) mass is 273 g/mol. The molecule has 0 radical (unpaired) electrons. The molecule has 0 bridgehead atoms. The average molecular weight is 273 g/mol. The normalized spacial score (nSPS) is 11.6. The van der Waals surface area contributed by atoms with Crippen LogP contribution in [0.5, 0.6) is 0 Å². The fourth-order valence-corrected chi connectivity index (χ4v) is 3.47. The lowest BCUT2D eigenvalue weighted by molar-refractivity contribution is 0.596. The van der Waals surface area contributed by atoms with Crippen LogP contribution in [0.1, 0.15) is 18.9 Å². The molecule has 1 aromatic rings. The molecule has 17 heavy (non-hydrogen) atoms. The number of benzene rings is 1. The molecule has 5 heteroatoms. The highest BCUT2D eigenvalue weighted by Gasteiger charge is 2.07. The molecule has 0 fully saturated rings. The first-order valence-corrected chi connectivity index (χ1v) is 8.45. The fraction of sp³-hybridized carbons (Fsp3) is 0.500. The van der Waals surface area contributed by atoms with Gasteiger partial charge in [0.05, 0.1) is 5.75 Å². The number of nitrogens with two attached hydrogens (primary N) is 1. The number of hydrogen-bond acceptors (Lipinski definition) is 4. The lowest BCUT2D eigenvalue weighted by Gasteiger charge is -2.07. The Morgan fingerprint density at radius 1 is 1.35 bits per heavy atom. The number of anilines is 1. The van der Waals surface area contributed by atoms with E-state index >= 15 is 0 Å². The first kappa shape index (κ1) is 14.4. The highest BCUT2D eigenvalue weighted by Crippen LogP contribution is 2.26. The lowest BCUT2D eigenvalue weighted by Crippen LogP contribution is -2.09. The summed E-state index contributed by atoms with van der Waals surface area (Å²) in [6, 6.07) is 5.82. The van der Waals surface area contributed by atoms with Crippen LogP contribution in [0.4, 0.5) is 5.69 Å². The molecule has 0 amide bonds. The number of sulfone groups is 1. The Balaban J connectivity index is 2.44. The van der Waals surface area contributed by atoms with E-state index in [0.29, 0.717) is 6.42 Å². The van der Waals surface area contributed by atoms with Crippen LogP contribution in [0.15, 0.2) is 23.1 Å². The van der Waals surface area contributed by atoms with Gasteiger partial charge in [-0.25, -0.2) is 8.42 Å². The quantitative estimate of drug-likeness (QED) is 0.491. The van der Waals surface area contributed by atoms with Crippen molar-refractivity contribution in [3.8, 4) is 0 Å². The van der Waals surface area contributed by atoms with Crippen LogP contribution in [0.2, 0.25) is 0 Å². The molecule has 0 aromatic heterocycles. The number of hydrogen-bond donors (Lipinski definition) is 1. The van der Waals surface area contributed by atoms with Gasteiger partial charge in [-0.1, -0.05) is 13.0 Å². The molecule has 0 saturated carbocycles. The summed E-state index contributed by atoms with van der Waals surface area (Å²) < 4.78 is 22.6. The maximum Gasteiger partial charge on any atom is 0.150 e. The third-order valence-electron chi connectivity index (χ3n) is 2.62. The van der Waals surface area contributed by atoms with E-state index in [1.807, 2.05) is 25.1 Å². The van der Waals surface area contributed by atoms with E-state index < -0.39 is 9.84 Å². The van der Waals surface area contributed by atoms with Gasteiger partial charge >= 0.3 is 0 Å². The van der Waals surface area contributed by atoms with E-state index in [1.165, 1.54) is 0 Å². The van der Waals surface area contributed by atoms with Crippen LogP contribution in [0, 0.1) is 6.92 Å². The van der Waals surface area contributed by atoms with Crippen molar-refractivity contribution < 1.29 is 8.42 Å². The SMILES string of the molecule is CCS(=O)(=O)CCCSc1cccc(N)c1C. The third kappa shape index (κ3) is 4.60. The first-order valence-electron chi connectivity index (χ1n) is 5.64. The number of nitrogen functional groups attached to an aromatic ring is 1. The van der Waals surface area contributed by atoms with Crippen molar-refractivity contribution in [1.82, 2.24) is 0 Å². The van der Waals surface area contributed by atoms with Gasteiger partial charge in [-0.15, -0.1) is 11.8 Å². The summed E-state index contributed by atoms with van der Waals surface area (Å²) in [5.41, 5.74) is 7.67. The molecule has 96 valence electrons. The second-order valence-corrected chi connectivity index (χ2v) is 7.52. The molecule has 0 aliphatic rings. The molecular weight excluding hydrogens is 254 g/mol. The standard InChI is InChI=1S/C12H19NO2S2/c1-3-17(14,15)9-5-8-16-12-7-4-6-11(13)10(12)2/h4,6-7H,3,5,8-9,13H2,1-2H3. The minimum absolute atomic E-state index is 0.231. The van der Waals surface area contributed by atoms with E-state index in [4.69, 9.17) is 5.73 Å². The van der Waals surface area contributed by atoms with Crippen molar-refractivity contribution in [2.45, 2.75) is 25.2 Å². The van der Waals surface area contributed by atoms with Crippen molar-refractivity contribution >= 4 is 27.3 Å². The van der Waals surface area contributed by atoms with Gasteiger partial charge in [0.25, 0.3) is 0 Å². The highest BCUT2D eigenvalue weighted by atomic mass is 32.2. The molecule has 0 heterocycles. The van der Waals surface area contributed by atoms with E-state index in [9.17, 15) is 8.42 Å². The third-order valence-corrected chi connectivity index (χ3v) is 5.66. The summed E-state index contributed by atoms with van der Waals surface area (Å²) in [6.45, 7) is 3.67. The molecule has 1 rings (SSSR count). The molecule has 2 N–H and O–H groups in total. The van der Waals surface area contributed by atoms with Crippen LogP contribution < -0.4 is 5.73 Å². The summed E-state index contributed by atoms with van der Waals surface area (Å²) in [5.74, 6) is 1.32. The summed E-state index contributed by atoms with van der Waals surface area (Å²) in [7, 11) is -2.83. The molecule has 0 unspecified atom stereocenters. The van der Waals surface area contributed by atoms with Crippen molar-refractivity contribution in [2.75, 3.05) is 23.0 Å². The summed E-state index contributed by atoms with van der Waals surface area (Å²) in [5, 5.41) is 0. The van der Waals surface area contributed by atoms with Crippen LogP contribution in [0.25, 0.3) is 0 Å². The van der Waals surface area contributed by atoms with Crippen LogP contribution in [-0.4, -0.2) is 25.7 Å². The van der Waals surface area contributed by atoms with Gasteiger partial charge in [-0.3, -0.25) is 0 Å². The van der Waals surface area contributed by atoms with Gasteiger partial charge in [-0.2, -0.15) is 0 Å². The zero-order valence-corrected chi connectivity index (χ0v) is 11.9. The van der Waals surface area contributed by atoms with Gasteiger partial charge in [0.2, 0.25) is 0 Å². The molecule has 0 saturated heterocycles. The van der Waals surface area contributed by atoms with Gasteiger partial charge in [0.15, 0.2) is 0 Å². The van der Waals surface area contributed by atoms with E-state index in [-0.39, 0.29) is 11.5 Å². The second kappa shape index (κ2) is 6.31. The Kier molecular flexibility index (Phi) is 5.33. The Bertz CT molecular complexity index is 469. The van der Waals surface area contributed by atoms with Crippen LogP contribution >= 0.6 is 11.8 Å². The van der Waals surface area contributed by atoms with Gasteiger partial charge in [0, 0.05) is 16.3 Å². The highest BCUT2D eigenvalue weighted by molar-refractivity contribution is 7.99. The molecule has 1 aromatic carbocycles. The zero-order valence-electron chi connectivity index (χ0n) is 10.3. The maximum absolute atomic E-state index is 11.3. The summed E-state index contributed by atoms with van der Waals surface area (Å²) in [4.78, 5) is 1.14. The topological polar surface area (TPSA) is 60.2 Å². The van der Waals surface area contributed by atoms with E-state index in [1.54, 1.807) is 18.7 Å². The molecule has 0 spiro atoms. The van der Waals surface area contributed by atoms with Crippen molar-refractivity contribution in [1.29, 1.82) is 0 Å². The largest absolute Gasteiger partial charge is 0.398 e. The predicted molar refractivity (Wildman–Crippen MR) is 75.3 cm³/mol. The fourth-order valence-electron chi connectivity index (χ4n) is 1.39. The van der Waals surface area contributed by atoms with Crippen LogP contribution in [-0.2, 0) is 9.84 Å². The van der Waals surface area contributed by atoms with Gasteiger partial charge < -0.3 is 5.73 Å². The van der Waals surface area contributed by atoms with Crippen molar-refractivity contribution in [2.24, 2.45) is 0 Å². The molecule has 3 nitrogen and oxygen atoms in total. The minimum Gasteiger partial charge on any atom is -0.398 e. The Hall–Kier alpha value is -0.680. The van der Waals surface area contributed by atoms with E-state index in [2.05, 4.69) is 0 Å². The second-order valence-electron chi connectivity index (χ2n) is 3.91. The average Bonchev–Trinajstić information content (AvgIpc) is 2.30. The van der Waals surface area contributed by atoms with Crippen molar-refractivity contribution in [3.05, 3.63) is 23.8 Å². The Morgan fingerprint density at radius 3 is 2.71 bits per heavy atom. The predicted octanol–water partition coefficient (Wildman–Crippen LogP) is 2.49. The van der Waals surface area contributed by atoms with E-state index in [0.717, 1.165) is 21.9 Å². The van der Waals surface area contributed by atoms with Gasteiger partial charge in [0.1, 0.15) is 9.84 Å². The maximum atomic E-state index is 11.3. The Labute approximate surface area is 108 Å². The molecule has 0 atom stereocenters. The molecule has 0 aliphatic heterocycles. The number of rotatable bonds is 6. The lowest BCUT2D eigenvalue weighted by atomic mass is 10.2.